The van der Waals surface area contributed by atoms with Gasteiger partial charge in [0, 0.05) is 31.9 Å². The summed E-state index contributed by atoms with van der Waals surface area (Å²) in [4.78, 5) is 23.1. The van der Waals surface area contributed by atoms with Gasteiger partial charge >= 0.3 is 12.0 Å². The Labute approximate surface area is 124 Å². The van der Waals surface area contributed by atoms with Crippen molar-refractivity contribution in [1.29, 1.82) is 0 Å². The van der Waals surface area contributed by atoms with E-state index in [1.165, 1.54) is 0 Å². The van der Waals surface area contributed by atoms with Crippen molar-refractivity contribution < 1.29 is 14.7 Å². The average molecular weight is 296 g/mol. The van der Waals surface area contributed by atoms with Gasteiger partial charge in [-0.3, -0.25) is 9.48 Å². The minimum absolute atomic E-state index is 0.118. The van der Waals surface area contributed by atoms with E-state index in [1.807, 2.05) is 34.0 Å². The number of aliphatic carboxylic acids is 1. The van der Waals surface area contributed by atoms with Gasteiger partial charge in [-0.05, 0) is 19.8 Å². The van der Waals surface area contributed by atoms with Crippen LogP contribution in [0.2, 0.25) is 0 Å². The third-order valence-electron chi connectivity index (χ3n) is 3.95. The molecule has 1 rings (SSSR count). The number of nitrogens with zero attached hydrogens (tertiary/aromatic N) is 2. The first-order valence-electron chi connectivity index (χ1n) is 7.09. The van der Waals surface area contributed by atoms with Crippen molar-refractivity contribution in [2.75, 3.05) is 6.54 Å². The van der Waals surface area contributed by atoms with Gasteiger partial charge in [-0.15, -0.1) is 0 Å². The summed E-state index contributed by atoms with van der Waals surface area (Å²) >= 11 is 0. The number of hydrogen-bond acceptors (Lipinski definition) is 3. The molecule has 3 N–H and O–H groups in total. The summed E-state index contributed by atoms with van der Waals surface area (Å²) in [7, 11) is 1.82. The number of nitrogens with one attached hydrogen (secondary N) is 2. The van der Waals surface area contributed by atoms with E-state index < -0.39 is 11.4 Å². The fourth-order valence-corrected chi connectivity index (χ4v) is 2.19. The molecule has 1 aromatic rings. The lowest BCUT2D eigenvalue weighted by Crippen LogP contribution is -2.45. The smallest absolute Gasteiger partial charge is 0.315 e. The van der Waals surface area contributed by atoms with Crippen LogP contribution >= 0.6 is 0 Å². The highest BCUT2D eigenvalue weighted by atomic mass is 16.4. The molecule has 0 atom stereocenters. The van der Waals surface area contributed by atoms with Crippen LogP contribution in [0.5, 0.6) is 0 Å². The van der Waals surface area contributed by atoms with Gasteiger partial charge in [0.1, 0.15) is 0 Å². The predicted molar refractivity (Wildman–Crippen MR) is 78.8 cm³/mol. The normalized spacial score (nSPS) is 11.2. The zero-order valence-electron chi connectivity index (χ0n) is 13.1. The first kappa shape index (κ1) is 17.0. The average Bonchev–Trinajstić information content (AvgIpc) is 2.76. The summed E-state index contributed by atoms with van der Waals surface area (Å²) in [5.41, 5.74) is 0.893. The summed E-state index contributed by atoms with van der Waals surface area (Å²) in [6.07, 6.45) is 2.79. The molecular formula is C14H24N4O3. The summed E-state index contributed by atoms with van der Waals surface area (Å²) in [5, 5.41) is 18.9. The molecule has 0 aliphatic carbocycles. The third kappa shape index (κ3) is 4.21. The minimum Gasteiger partial charge on any atom is -0.481 e. The molecular weight excluding hydrogens is 272 g/mol. The first-order valence-corrected chi connectivity index (χ1v) is 7.09. The Kier molecular flexibility index (Phi) is 5.75. The number of carboxylic acids is 1. The third-order valence-corrected chi connectivity index (χ3v) is 3.95. The quantitative estimate of drug-likeness (QED) is 0.709. The van der Waals surface area contributed by atoms with Crippen LogP contribution in [-0.4, -0.2) is 33.4 Å². The number of carbonyl (C=O) groups is 2. The van der Waals surface area contributed by atoms with Crippen molar-refractivity contribution >= 4 is 12.0 Å². The van der Waals surface area contributed by atoms with E-state index in [0.29, 0.717) is 19.4 Å². The molecule has 118 valence electrons. The molecule has 0 spiro atoms. The Bertz CT molecular complexity index is 506. The Morgan fingerprint density at radius 1 is 1.33 bits per heavy atom. The topological polar surface area (TPSA) is 96.3 Å². The second-order valence-corrected chi connectivity index (χ2v) is 5.24. The fourth-order valence-electron chi connectivity index (χ4n) is 2.19. The van der Waals surface area contributed by atoms with Gasteiger partial charge in [-0.2, -0.15) is 5.10 Å². The molecule has 0 aromatic carbocycles. The second-order valence-electron chi connectivity index (χ2n) is 5.24. The van der Waals surface area contributed by atoms with Crippen molar-refractivity contribution in [3.63, 3.8) is 0 Å². The molecule has 0 bridgehead atoms. The highest BCUT2D eigenvalue weighted by Gasteiger charge is 2.35. The highest BCUT2D eigenvalue weighted by molar-refractivity contribution is 5.78. The van der Waals surface area contributed by atoms with Gasteiger partial charge in [-0.25, -0.2) is 4.79 Å². The second kappa shape index (κ2) is 7.10. The Balaban J connectivity index is 2.50. The largest absolute Gasteiger partial charge is 0.481 e. The van der Waals surface area contributed by atoms with Gasteiger partial charge in [0.05, 0.1) is 11.1 Å². The van der Waals surface area contributed by atoms with Gasteiger partial charge in [0.15, 0.2) is 0 Å². The number of carboxylic acid groups (broad SMARTS) is 1. The van der Waals surface area contributed by atoms with Crippen LogP contribution in [0.25, 0.3) is 0 Å². The van der Waals surface area contributed by atoms with Crippen molar-refractivity contribution in [2.45, 2.75) is 40.2 Å². The van der Waals surface area contributed by atoms with Crippen LogP contribution in [0.4, 0.5) is 4.79 Å². The van der Waals surface area contributed by atoms with Crippen molar-refractivity contribution in [2.24, 2.45) is 12.5 Å². The van der Waals surface area contributed by atoms with Crippen LogP contribution in [0.1, 0.15) is 37.9 Å². The molecule has 2 amide bonds. The van der Waals surface area contributed by atoms with E-state index in [4.69, 9.17) is 0 Å². The van der Waals surface area contributed by atoms with E-state index in [1.54, 1.807) is 4.68 Å². The monoisotopic (exact) mass is 296 g/mol. The summed E-state index contributed by atoms with van der Waals surface area (Å²) in [6, 6.07) is -0.370. The molecule has 0 saturated heterocycles. The molecule has 0 aliphatic heterocycles. The zero-order valence-corrected chi connectivity index (χ0v) is 13.1. The molecule has 1 aromatic heterocycles. The molecule has 0 aliphatic rings. The number of hydrogen-bond donors (Lipinski definition) is 3. The summed E-state index contributed by atoms with van der Waals surface area (Å²) in [5.74, 6) is -0.879. The van der Waals surface area contributed by atoms with Gasteiger partial charge < -0.3 is 15.7 Å². The van der Waals surface area contributed by atoms with Crippen molar-refractivity contribution in [3.05, 3.63) is 17.5 Å². The predicted octanol–water partition coefficient (Wildman–Crippen LogP) is 1.42. The zero-order chi connectivity index (χ0) is 16.0. The van der Waals surface area contributed by atoms with Crippen LogP contribution in [-0.2, 0) is 18.4 Å². The van der Waals surface area contributed by atoms with Gasteiger partial charge in [0.2, 0.25) is 0 Å². The first-order chi connectivity index (χ1) is 9.84. The SMILES string of the molecule is CCC(CC)(CNC(=O)NCc1cn(C)nc1C)C(=O)O. The van der Waals surface area contributed by atoms with E-state index in [9.17, 15) is 14.7 Å². The maximum absolute atomic E-state index is 11.8. The molecule has 7 nitrogen and oxygen atoms in total. The van der Waals surface area contributed by atoms with E-state index in [2.05, 4.69) is 15.7 Å². The number of amides is 2. The van der Waals surface area contributed by atoms with E-state index in [0.717, 1.165) is 11.3 Å². The summed E-state index contributed by atoms with van der Waals surface area (Å²) < 4.78 is 1.69. The van der Waals surface area contributed by atoms with Crippen molar-refractivity contribution in [1.82, 2.24) is 20.4 Å². The van der Waals surface area contributed by atoms with Gasteiger partial charge in [0.25, 0.3) is 0 Å². The molecule has 0 unspecified atom stereocenters. The standard InChI is InChI=1S/C14H24N4O3/c1-5-14(6-2,12(19)20)9-16-13(21)15-7-11-8-18(4)17-10(11)3/h8H,5-7,9H2,1-4H3,(H,19,20)(H2,15,16,21). The number of urea groups is 1. The van der Waals surface area contributed by atoms with E-state index >= 15 is 0 Å². The molecule has 21 heavy (non-hydrogen) atoms. The Morgan fingerprint density at radius 2 is 1.95 bits per heavy atom. The van der Waals surface area contributed by atoms with Crippen molar-refractivity contribution in [3.8, 4) is 0 Å². The van der Waals surface area contributed by atoms with E-state index in [-0.39, 0.29) is 12.6 Å². The number of rotatable bonds is 7. The molecule has 0 radical (unpaired) electrons. The molecule has 7 heteroatoms. The van der Waals surface area contributed by atoms with Crippen LogP contribution < -0.4 is 10.6 Å². The number of aryl methyl sites for hydroxylation is 2. The number of aromatic nitrogens is 2. The number of carbonyl (C=O) groups excluding carboxylic acids is 1. The molecule has 1 heterocycles. The Hall–Kier alpha value is -2.05. The van der Waals surface area contributed by atoms with Crippen LogP contribution in [0, 0.1) is 12.3 Å². The maximum atomic E-state index is 11.8. The fraction of sp³-hybridized carbons (Fsp3) is 0.643. The van der Waals surface area contributed by atoms with Crippen LogP contribution in [0.15, 0.2) is 6.20 Å². The van der Waals surface area contributed by atoms with Gasteiger partial charge in [-0.1, -0.05) is 13.8 Å². The summed E-state index contributed by atoms with van der Waals surface area (Å²) in [6.45, 7) is 5.99. The molecule has 0 saturated carbocycles. The minimum atomic E-state index is -0.901. The van der Waals surface area contributed by atoms with Crippen LogP contribution in [0.3, 0.4) is 0 Å². The highest BCUT2D eigenvalue weighted by Crippen LogP contribution is 2.25. The molecule has 0 fully saturated rings. The maximum Gasteiger partial charge on any atom is 0.315 e. The lowest BCUT2D eigenvalue weighted by atomic mass is 9.82. The Morgan fingerprint density at radius 3 is 2.38 bits per heavy atom. The lowest BCUT2D eigenvalue weighted by Gasteiger charge is -2.26. The lowest BCUT2D eigenvalue weighted by molar-refractivity contribution is -0.149.